The highest BCUT2D eigenvalue weighted by atomic mass is 16.5. The van der Waals surface area contributed by atoms with Crippen LogP contribution >= 0.6 is 0 Å². The van der Waals surface area contributed by atoms with Gasteiger partial charge in [0.25, 0.3) is 0 Å². The molecule has 2 atom stereocenters. The number of carboxylic acids is 1. The molecule has 2 fully saturated rings. The quantitative estimate of drug-likeness (QED) is 0.610. The van der Waals surface area contributed by atoms with Gasteiger partial charge in [0.2, 0.25) is 0 Å². The van der Waals surface area contributed by atoms with Crippen LogP contribution in [0.1, 0.15) is 44.9 Å². The Morgan fingerprint density at radius 1 is 1.11 bits per heavy atom. The smallest absolute Gasteiger partial charge is 0.317 e. The third-order valence-electron chi connectivity index (χ3n) is 3.86. The molecule has 18 heavy (non-hydrogen) atoms. The van der Waals surface area contributed by atoms with Gasteiger partial charge in [-0.2, -0.15) is 0 Å². The van der Waals surface area contributed by atoms with Gasteiger partial charge in [-0.05, 0) is 32.1 Å². The predicted molar refractivity (Wildman–Crippen MR) is 61.8 cm³/mol. The Bertz CT molecular complexity index is 356. The average molecular weight is 254 g/mol. The molecule has 2 aliphatic rings. The number of hydrogen-bond acceptors (Lipinski definition) is 4. The molecule has 0 amide bonds. The Balaban J connectivity index is 1.97. The fraction of sp³-hybridized carbons (Fsp3) is 0.769. The summed E-state index contributed by atoms with van der Waals surface area (Å²) in [6.07, 6.45) is 5.13. The summed E-state index contributed by atoms with van der Waals surface area (Å²) in [4.78, 5) is 34.5. The van der Waals surface area contributed by atoms with Crippen LogP contribution in [-0.2, 0) is 19.1 Å². The highest BCUT2D eigenvalue weighted by molar-refractivity contribution is 6.04. The minimum absolute atomic E-state index is 0.130. The van der Waals surface area contributed by atoms with E-state index in [1.165, 1.54) is 0 Å². The van der Waals surface area contributed by atoms with Crippen LogP contribution in [0.5, 0.6) is 0 Å². The molecule has 0 aromatic heterocycles. The number of ether oxygens (including phenoxy) is 1. The summed E-state index contributed by atoms with van der Waals surface area (Å²) in [6.45, 7) is 0. The van der Waals surface area contributed by atoms with E-state index in [1.807, 2.05) is 0 Å². The molecule has 1 N–H and O–H groups in total. The molecule has 2 aliphatic carbocycles. The summed E-state index contributed by atoms with van der Waals surface area (Å²) in [5.41, 5.74) is 0. The van der Waals surface area contributed by atoms with Crippen molar-refractivity contribution in [1.82, 2.24) is 0 Å². The summed E-state index contributed by atoms with van der Waals surface area (Å²) in [5.74, 6) is -3.97. The van der Waals surface area contributed by atoms with E-state index in [1.54, 1.807) is 0 Å². The van der Waals surface area contributed by atoms with Crippen molar-refractivity contribution in [3.63, 3.8) is 0 Å². The molecule has 0 heterocycles. The third-order valence-corrected chi connectivity index (χ3v) is 3.86. The van der Waals surface area contributed by atoms with Gasteiger partial charge >= 0.3 is 11.9 Å². The molecule has 2 saturated carbocycles. The van der Waals surface area contributed by atoms with Crippen LogP contribution in [0.4, 0.5) is 0 Å². The molecule has 0 aromatic carbocycles. The summed E-state index contributed by atoms with van der Waals surface area (Å²) in [6, 6.07) is 0. The van der Waals surface area contributed by atoms with E-state index in [-0.39, 0.29) is 24.7 Å². The van der Waals surface area contributed by atoms with E-state index in [0.29, 0.717) is 0 Å². The number of Topliss-reactive ketones (excluding diaryl/α,β-unsaturated/α-hetero) is 1. The monoisotopic (exact) mass is 254 g/mol. The minimum Gasteiger partial charge on any atom is -0.481 e. The maximum absolute atomic E-state index is 11.9. The molecule has 0 bridgehead atoms. The van der Waals surface area contributed by atoms with Crippen molar-refractivity contribution in [2.75, 3.05) is 0 Å². The first-order valence-corrected chi connectivity index (χ1v) is 6.55. The SMILES string of the molecule is O=C1CC[C@H](C(=O)O)[C@H]1C(=O)OC1CCCCC1. The zero-order chi connectivity index (χ0) is 13.1. The van der Waals surface area contributed by atoms with Crippen LogP contribution in [0.15, 0.2) is 0 Å². The number of carbonyl (C=O) groups excluding carboxylic acids is 2. The fourth-order valence-electron chi connectivity index (χ4n) is 2.83. The standard InChI is InChI=1S/C13H18O5/c14-10-7-6-9(12(15)16)11(10)13(17)18-8-4-2-1-3-5-8/h8-9,11H,1-7H2,(H,15,16)/t9-,11+/m0/s1. The molecule has 2 rings (SSSR count). The molecule has 0 radical (unpaired) electrons. The number of hydrogen-bond donors (Lipinski definition) is 1. The molecule has 5 heteroatoms. The second kappa shape index (κ2) is 5.50. The summed E-state index contributed by atoms with van der Waals surface area (Å²) in [5, 5.41) is 9.00. The number of carboxylic acid groups (broad SMARTS) is 1. The van der Waals surface area contributed by atoms with Gasteiger partial charge in [-0.15, -0.1) is 0 Å². The summed E-state index contributed by atoms with van der Waals surface area (Å²) < 4.78 is 5.30. The van der Waals surface area contributed by atoms with E-state index < -0.39 is 23.8 Å². The van der Waals surface area contributed by atoms with Crippen molar-refractivity contribution in [3.05, 3.63) is 0 Å². The van der Waals surface area contributed by atoms with Crippen molar-refractivity contribution in [2.24, 2.45) is 11.8 Å². The predicted octanol–water partition coefficient (Wildman–Crippen LogP) is 1.54. The third kappa shape index (κ3) is 2.71. The lowest BCUT2D eigenvalue weighted by Gasteiger charge is -2.24. The second-order valence-electron chi connectivity index (χ2n) is 5.12. The van der Waals surface area contributed by atoms with E-state index >= 15 is 0 Å². The molecule has 0 spiro atoms. The van der Waals surface area contributed by atoms with E-state index in [0.717, 1.165) is 32.1 Å². The van der Waals surface area contributed by atoms with Crippen molar-refractivity contribution in [2.45, 2.75) is 51.0 Å². The molecular weight excluding hydrogens is 236 g/mol. The topological polar surface area (TPSA) is 80.7 Å². The van der Waals surface area contributed by atoms with Crippen molar-refractivity contribution < 1.29 is 24.2 Å². The zero-order valence-corrected chi connectivity index (χ0v) is 10.3. The van der Waals surface area contributed by atoms with Crippen LogP contribution in [0.2, 0.25) is 0 Å². The average Bonchev–Trinajstić information content (AvgIpc) is 2.72. The van der Waals surface area contributed by atoms with Gasteiger partial charge in [-0.25, -0.2) is 0 Å². The highest BCUT2D eigenvalue weighted by Crippen LogP contribution is 2.31. The largest absolute Gasteiger partial charge is 0.481 e. The summed E-state index contributed by atoms with van der Waals surface area (Å²) in [7, 11) is 0. The van der Waals surface area contributed by atoms with Gasteiger partial charge in [0, 0.05) is 6.42 Å². The Kier molecular flexibility index (Phi) is 3.99. The first-order chi connectivity index (χ1) is 8.59. The second-order valence-corrected chi connectivity index (χ2v) is 5.12. The molecule has 0 unspecified atom stereocenters. The van der Waals surface area contributed by atoms with Crippen LogP contribution in [0.3, 0.4) is 0 Å². The molecule has 100 valence electrons. The Labute approximate surface area is 105 Å². The van der Waals surface area contributed by atoms with Gasteiger partial charge in [0.1, 0.15) is 17.8 Å². The first kappa shape index (κ1) is 13.1. The molecule has 0 aromatic rings. The number of rotatable bonds is 3. The Morgan fingerprint density at radius 2 is 1.78 bits per heavy atom. The van der Waals surface area contributed by atoms with E-state index in [9.17, 15) is 14.4 Å². The summed E-state index contributed by atoms with van der Waals surface area (Å²) >= 11 is 0. The van der Waals surface area contributed by atoms with Gasteiger partial charge in [0.05, 0.1) is 5.92 Å². The van der Waals surface area contributed by atoms with Crippen molar-refractivity contribution in [1.29, 1.82) is 0 Å². The fourth-order valence-corrected chi connectivity index (χ4v) is 2.83. The van der Waals surface area contributed by atoms with Crippen LogP contribution < -0.4 is 0 Å². The lowest BCUT2D eigenvalue weighted by atomic mass is 9.94. The number of aliphatic carboxylic acids is 1. The molecular formula is C13H18O5. The van der Waals surface area contributed by atoms with Crippen LogP contribution in [0, 0.1) is 11.8 Å². The van der Waals surface area contributed by atoms with Gasteiger partial charge in [0.15, 0.2) is 0 Å². The van der Waals surface area contributed by atoms with Gasteiger partial charge in [-0.3, -0.25) is 14.4 Å². The number of carbonyl (C=O) groups is 3. The van der Waals surface area contributed by atoms with Crippen molar-refractivity contribution >= 4 is 17.7 Å². The number of esters is 1. The highest BCUT2D eigenvalue weighted by Gasteiger charge is 2.45. The Morgan fingerprint density at radius 3 is 2.39 bits per heavy atom. The lowest BCUT2D eigenvalue weighted by molar-refractivity contribution is -0.163. The molecule has 0 saturated heterocycles. The normalized spacial score (nSPS) is 29.2. The lowest BCUT2D eigenvalue weighted by Crippen LogP contribution is -2.34. The zero-order valence-electron chi connectivity index (χ0n) is 10.3. The maximum Gasteiger partial charge on any atom is 0.317 e. The van der Waals surface area contributed by atoms with E-state index in [2.05, 4.69) is 0 Å². The minimum atomic E-state index is -1.08. The molecule has 5 nitrogen and oxygen atoms in total. The first-order valence-electron chi connectivity index (χ1n) is 6.55. The maximum atomic E-state index is 11.9. The van der Waals surface area contributed by atoms with Gasteiger partial charge < -0.3 is 9.84 Å². The number of ketones is 1. The van der Waals surface area contributed by atoms with Crippen molar-refractivity contribution in [3.8, 4) is 0 Å². The van der Waals surface area contributed by atoms with E-state index in [4.69, 9.17) is 9.84 Å². The van der Waals surface area contributed by atoms with Crippen LogP contribution in [-0.4, -0.2) is 28.9 Å². The molecule has 0 aliphatic heterocycles. The van der Waals surface area contributed by atoms with Gasteiger partial charge in [-0.1, -0.05) is 6.42 Å². The van der Waals surface area contributed by atoms with Crippen LogP contribution in [0.25, 0.3) is 0 Å². The Hall–Kier alpha value is -1.39.